The minimum atomic E-state index is -1.32. The maximum atomic E-state index is 12.8. The molecular weight excluding hydrogens is 358 g/mol. The highest BCUT2D eigenvalue weighted by Gasteiger charge is 2.34. The molecule has 146 valence electrons. The molecule has 0 aliphatic heterocycles. The Kier molecular flexibility index (Phi) is 7.75. The van der Waals surface area contributed by atoms with Gasteiger partial charge in [0.05, 0.1) is 34.3 Å². The van der Waals surface area contributed by atoms with Crippen LogP contribution >= 0.6 is 0 Å². The van der Waals surface area contributed by atoms with Crippen molar-refractivity contribution in [1.29, 1.82) is 0 Å². The fourth-order valence-electron chi connectivity index (χ4n) is 2.79. The molecule has 1 unspecified atom stereocenters. The molecular formula is C22H29NO3S. The predicted molar refractivity (Wildman–Crippen MR) is 110 cm³/mol. The van der Waals surface area contributed by atoms with Gasteiger partial charge in [-0.1, -0.05) is 60.7 Å². The van der Waals surface area contributed by atoms with E-state index in [9.17, 15) is 9.00 Å². The second-order valence-corrected chi connectivity index (χ2v) is 9.43. The lowest BCUT2D eigenvalue weighted by Crippen LogP contribution is -2.41. The first-order valence-electron chi connectivity index (χ1n) is 9.26. The number of carbonyl (C=O) groups excluding carboxylic acids is 1. The average molecular weight is 388 g/mol. The standard InChI is InChI=1S/C22H29NO3S/c1-5-26-21(24)19(16-17-12-8-6-9-13-17)20(18-14-10-7-11-15-18)23-27(25)22(2,3)4/h6-15,19-20,23H,5,16H2,1-4H3/t19-,20-,27?/m0/s1. The molecule has 5 heteroatoms. The predicted octanol–water partition coefficient (Wildman–Crippen LogP) is 4.20. The van der Waals surface area contributed by atoms with Gasteiger partial charge in [-0.15, -0.1) is 0 Å². The van der Waals surface area contributed by atoms with E-state index in [0.29, 0.717) is 13.0 Å². The van der Waals surface area contributed by atoms with Crippen LogP contribution in [0.25, 0.3) is 0 Å². The first-order chi connectivity index (χ1) is 12.8. The lowest BCUT2D eigenvalue weighted by atomic mass is 9.88. The van der Waals surface area contributed by atoms with Crippen LogP contribution in [0.5, 0.6) is 0 Å². The van der Waals surface area contributed by atoms with Crippen molar-refractivity contribution < 1.29 is 13.7 Å². The summed E-state index contributed by atoms with van der Waals surface area (Å²) >= 11 is 0. The van der Waals surface area contributed by atoms with Crippen molar-refractivity contribution in [3.8, 4) is 0 Å². The largest absolute Gasteiger partial charge is 0.466 e. The number of hydrogen-bond donors (Lipinski definition) is 1. The van der Waals surface area contributed by atoms with Crippen LogP contribution in [0.15, 0.2) is 60.7 Å². The third-order valence-electron chi connectivity index (χ3n) is 4.24. The molecule has 2 aromatic carbocycles. The van der Waals surface area contributed by atoms with E-state index in [1.54, 1.807) is 6.92 Å². The highest BCUT2D eigenvalue weighted by Crippen LogP contribution is 2.29. The normalized spacial score (nSPS) is 15.0. The van der Waals surface area contributed by atoms with Crippen LogP contribution in [0.1, 0.15) is 44.9 Å². The van der Waals surface area contributed by atoms with Crippen molar-refractivity contribution in [3.63, 3.8) is 0 Å². The van der Waals surface area contributed by atoms with E-state index in [2.05, 4.69) is 4.72 Å². The van der Waals surface area contributed by atoms with E-state index in [-0.39, 0.29) is 5.97 Å². The minimum Gasteiger partial charge on any atom is -0.466 e. The first-order valence-corrected chi connectivity index (χ1v) is 10.4. The maximum Gasteiger partial charge on any atom is 0.311 e. The van der Waals surface area contributed by atoms with Crippen molar-refractivity contribution in [1.82, 2.24) is 4.72 Å². The lowest BCUT2D eigenvalue weighted by Gasteiger charge is -2.30. The summed E-state index contributed by atoms with van der Waals surface area (Å²) in [6.07, 6.45) is 0.508. The zero-order valence-electron chi connectivity index (χ0n) is 16.5. The third-order valence-corrected chi connectivity index (χ3v) is 5.82. The third kappa shape index (κ3) is 6.29. The molecule has 0 aromatic heterocycles. The van der Waals surface area contributed by atoms with Crippen LogP contribution in [-0.4, -0.2) is 21.5 Å². The lowest BCUT2D eigenvalue weighted by molar-refractivity contribution is -0.149. The van der Waals surface area contributed by atoms with Gasteiger partial charge in [-0.3, -0.25) is 4.79 Å². The first kappa shape index (κ1) is 21.3. The van der Waals surface area contributed by atoms with E-state index >= 15 is 0 Å². The monoisotopic (exact) mass is 387 g/mol. The van der Waals surface area contributed by atoms with Crippen LogP contribution in [-0.2, 0) is 26.9 Å². The number of esters is 1. The summed E-state index contributed by atoms with van der Waals surface area (Å²) in [6, 6.07) is 19.1. The van der Waals surface area contributed by atoms with Crippen molar-refractivity contribution >= 4 is 17.0 Å². The molecule has 2 rings (SSSR count). The molecule has 0 radical (unpaired) electrons. The molecule has 0 aliphatic rings. The number of nitrogens with one attached hydrogen (secondary N) is 1. The van der Waals surface area contributed by atoms with E-state index < -0.39 is 27.7 Å². The van der Waals surface area contributed by atoms with Crippen LogP contribution in [0.3, 0.4) is 0 Å². The Balaban J connectivity index is 2.41. The number of hydrogen-bond acceptors (Lipinski definition) is 3. The molecule has 2 aromatic rings. The van der Waals surface area contributed by atoms with Gasteiger partial charge in [0, 0.05) is 0 Å². The summed E-state index contributed by atoms with van der Waals surface area (Å²) in [5.74, 6) is -0.769. The highest BCUT2D eigenvalue weighted by molar-refractivity contribution is 7.84. The molecule has 0 spiro atoms. The molecule has 0 saturated heterocycles. The molecule has 3 atom stereocenters. The minimum absolute atomic E-state index is 0.284. The second kappa shape index (κ2) is 9.81. The van der Waals surface area contributed by atoms with Crippen LogP contribution in [0.2, 0.25) is 0 Å². The van der Waals surface area contributed by atoms with Gasteiger partial charge < -0.3 is 4.74 Å². The Morgan fingerprint density at radius 2 is 1.59 bits per heavy atom. The van der Waals surface area contributed by atoms with Crippen molar-refractivity contribution in [2.45, 2.75) is 44.9 Å². The molecule has 0 aliphatic carbocycles. The molecule has 4 nitrogen and oxygen atoms in total. The van der Waals surface area contributed by atoms with Crippen LogP contribution in [0, 0.1) is 5.92 Å². The van der Waals surface area contributed by atoms with Gasteiger partial charge in [-0.25, -0.2) is 8.93 Å². The number of ether oxygens (including phenoxy) is 1. The van der Waals surface area contributed by atoms with E-state index in [1.165, 1.54) is 0 Å². The summed E-state index contributed by atoms with van der Waals surface area (Å²) in [5.41, 5.74) is 1.96. The zero-order chi connectivity index (χ0) is 19.9. The van der Waals surface area contributed by atoms with Crippen LogP contribution in [0.4, 0.5) is 0 Å². The molecule has 27 heavy (non-hydrogen) atoms. The molecule has 0 heterocycles. The average Bonchev–Trinajstić information content (AvgIpc) is 2.65. The Bertz CT molecular complexity index is 741. The summed E-state index contributed by atoms with van der Waals surface area (Å²) in [5, 5.41) is 0. The van der Waals surface area contributed by atoms with Gasteiger partial charge in [0.2, 0.25) is 0 Å². The summed E-state index contributed by atoms with van der Waals surface area (Å²) in [4.78, 5) is 12.8. The van der Waals surface area contributed by atoms with Crippen molar-refractivity contribution in [2.75, 3.05) is 6.61 Å². The Hall–Kier alpha value is -1.98. The molecule has 0 amide bonds. The molecule has 0 fully saturated rings. The van der Waals surface area contributed by atoms with Gasteiger partial charge in [0.15, 0.2) is 0 Å². The maximum absolute atomic E-state index is 12.8. The quantitative estimate of drug-likeness (QED) is 0.691. The highest BCUT2D eigenvalue weighted by atomic mass is 32.2. The SMILES string of the molecule is CCOC(=O)[C@@H](Cc1ccccc1)[C@@H](NS(=O)C(C)(C)C)c1ccccc1. The van der Waals surface area contributed by atoms with Crippen molar-refractivity contribution in [2.24, 2.45) is 5.92 Å². The number of carbonyl (C=O) groups is 1. The summed E-state index contributed by atoms with van der Waals surface area (Å²) < 4.78 is 21.0. The van der Waals surface area contributed by atoms with E-state index in [1.807, 2.05) is 81.4 Å². The smallest absolute Gasteiger partial charge is 0.311 e. The topological polar surface area (TPSA) is 55.4 Å². The molecule has 1 N–H and O–H groups in total. The number of rotatable bonds is 8. The van der Waals surface area contributed by atoms with Gasteiger partial charge >= 0.3 is 5.97 Å². The van der Waals surface area contributed by atoms with Crippen LogP contribution < -0.4 is 4.72 Å². The van der Waals surface area contributed by atoms with Gasteiger partial charge in [-0.2, -0.15) is 0 Å². The number of benzene rings is 2. The summed E-state index contributed by atoms with van der Waals surface area (Å²) in [6.45, 7) is 7.85. The molecule has 0 bridgehead atoms. The molecule has 0 saturated carbocycles. The fraction of sp³-hybridized carbons (Fsp3) is 0.409. The summed E-state index contributed by atoms with van der Waals surface area (Å²) in [7, 11) is -1.32. The fourth-order valence-corrected chi connectivity index (χ4v) is 3.67. The van der Waals surface area contributed by atoms with E-state index in [0.717, 1.165) is 11.1 Å². The van der Waals surface area contributed by atoms with Crippen molar-refractivity contribution in [3.05, 3.63) is 71.8 Å². The van der Waals surface area contributed by atoms with Gasteiger partial charge in [-0.05, 0) is 45.2 Å². The Morgan fingerprint density at radius 3 is 2.11 bits per heavy atom. The van der Waals surface area contributed by atoms with E-state index in [4.69, 9.17) is 4.74 Å². The zero-order valence-corrected chi connectivity index (χ0v) is 17.3. The second-order valence-electron chi connectivity index (χ2n) is 7.44. The van der Waals surface area contributed by atoms with Gasteiger partial charge in [0.25, 0.3) is 0 Å². The Labute approximate surface area is 164 Å². The Morgan fingerprint density at radius 1 is 1.04 bits per heavy atom. The van der Waals surface area contributed by atoms with Gasteiger partial charge in [0.1, 0.15) is 0 Å².